The van der Waals surface area contributed by atoms with Gasteiger partial charge in [-0.05, 0) is 49.7 Å². The fraction of sp³-hybridized carbons (Fsp3) is 0.391. The molecule has 0 saturated carbocycles. The van der Waals surface area contributed by atoms with Gasteiger partial charge in [0.2, 0.25) is 5.91 Å². The van der Waals surface area contributed by atoms with Gasteiger partial charge >= 0.3 is 0 Å². The van der Waals surface area contributed by atoms with E-state index in [4.69, 9.17) is 16.3 Å². The summed E-state index contributed by atoms with van der Waals surface area (Å²) in [6.45, 7) is 4.64. The maximum absolute atomic E-state index is 13.3. The number of hydrogen-bond donors (Lipinski definition) is 1. The summed E-state index contributed by atoms with van der Waals surface area (Å²) in [5.74, 6) is -0.260. The Morgan fingerprint density at radius 2 is 1.83 bits per heavy atom. The SMILES string of the molecule is O=C1Nc2cc(Cl)ccc2N(C(=O)CCCCCN2CCOCC2)c2ccccc21. The number of anilines is 3. The van der Waals surface area contributed by atoms with Crippen LogP contribution in [-0.4, -0.2) is 49.6 Å². The van der Waals surface area contributed by atoms with Gasteiger partial charge in [-0.15, -0.1) is 0 Å². The molecular weight excluding hydrogens is 402 g/mol. The van der Waals surface area contributed by atoms with Gasteiger partial charge in [-0.2, -0.15) is 0 Å². The molecule has 158 valence electrons. The Morgan fingerprint density at radius 1 is 1.03 bits per heavy atom. The van der Waals surface area contributed by atoms with Crippen molar-refractivity contribution in [1.29, 1.82) is 0 Å². The van der Waals surface area contributed by atoms with Crippen molar-refractivity contribution in [2.24, 2.45) is 0 Å². The zero-order chi connectivity index (χ0) is 20.9. The van der Waals surface area contributed by atoms with Crippen molar-refractivity contribution < 1.29 is 14.3 Å². The third-order valence-corrected chi connectivity index (χ3v) is 5.79. The van der Waals surface area contributed by atoms with Crippen molar-refractivity contribution in [1.82, 2.24) is 4.90 Å². The van der Waals surface area contributed by atoms with E-state index in [-0.39, 0.29) is 11.8 Å². The number of carbonyl (C=O) groups is 2. The maximum atomic E-state index is 13.3. The van der Waals surface area contributed by atoms with Crippen LogP contribution in [0.5, 0.6) is 0 Å². The minimum atomic E-state index is -0.241. The lowest BCUT2D eigenvalue weighted by atomic mass is 10.1. The van der Waals surface area contributed by atoms with Gasteiger partial charge in [0.25, 0.3) is 5.91 Å². The van der Waals surface area contributed by atoms with E-state index in [0.29, 0.717) is 34.1 Å². The van der Waals surface area contributed by atoms with Crippen LogP contribution >= 0.6 is 11.6 Å². The smallest absolute Gasteiger partial charge is 0.257 e. The monoisotopic (exact) mass is 427 g/mol. The zero-order valence-electron chi connectivity index (χ0n) is 16.9. The number of benzene rings is 2. The number of nitrogens with one attached hydrogen (secondary N) is 1. The number of para-hydroxylation sites is 1. The van der Waals surface area contributed by atoms with Crippen LogP contribution in [0.4, 0.5) is 17.1 Å². The third-order valence-electron chi connectivity index (χ3n) is 5.56. The van der Waals surface area contributed by atoms with Gasteiger partial charge in [-0.3, -0.25) is 19.4 Å². The summed E-state index contributed by atoms with van der Waals surface area (Å²) >= 11 is 6.13. The predicted molar refractivity (Wildman–Crippen MR) is 119 cm³/mol. The normalized spacial score (nSPS) is 16.4. The molecule has 0 spiro atoms. The second-order valence-corrected chi connectivity index (χ2v) is 8.06. The first-order valence-corrected chi connectivity index (χ1v) is 10.8. The molecule has 2 aliphatic rings. The molecule has 2 aliphatic heterocycles. The largest absolute Gasteiger partial charge is 0.379 e. The van der Waals surface area contributed by atoms with Gasteiger partial charge in [0.1, 0.15) is 0 Å². The van der Waals surface area contributed by atoms with E-state index >= 15 is 0 Å². The Labute approximate surface area is 181 Å². The number of hydrogen-bond acceptors (Lipinski definition) is 4. The van der Waals surface area contributed by atoms with Crippen LogP contribution < -0.4 is 10.2 Å². The molecule has 0 radical (unpaired) electrons. The Bertz CT molecular complexity index is 928. The summed E-state index contributed by atoms with van der Waals surface area (Å²) in [7, 11) is 0. The third kappa shape index (κ3) is 4.67. The molecule has 7 heteroatoms. The number of halogens is 1. The maximum Gasteiger partial charge on any atom is 0.257 e. The Hall–Kier alpha value is -2.41. The molecule has 2 aromatic carbocycles. The highest BCUT2D eigenvalue weighted by molar-refractivity contribution is 6.31. The number of amides is 2. The van der Waals surface area contributed by atoms with Crippen LogP contribution in [0.1, 0.15) is 36.0 Å². The van der Waals surface area contributed by atoms with Crippen molar-refractivity contribution in [3.05, 3.63) is 53.1 Å². The molecule has 1 saturated heterocycles. The Balaban J connectivity index is 1.46. The highest BCUT2D eigenvalue weighted by atomic mass is 35.5. The van der Waals surface area contributed by atoms with Gasteiger partial charge in [-0.1, -0.05) is 30.2 Å². The molecule has 2 heterocycles. The van der Waals surface area contributed by atoms with Gasteiger partial charge < -0.3 is 10.1 Å². The minimum Gasteiger partial charge on any atom is -0.379 e. The first-order chi connectivity index (χ1) is 14.6. The average Bonchev–Trinajstić information content (AvgIpc) is 2.88. The van der Waals surface area contributed by atoms with E-state index in [1.807, 2.05) is 12.1 Å². The van der Waals surface area contributed by atoms with Gasteiger partial charge in [0.05, 0.1) is 35.8 Å². The highest BCUT2D eigenvalue weighted by Crippen LogP contribution is 2.39. The number of fused-ring (bicyclic) bond motifs is 2. The molecule has 4 rings (SSSR count). The fourth-order valence-electron chi connectivity index (χ4n) is 3.98. The van der Waals surface area contributed by atoms with E-state index in [2.05, 4.69) is 10.2 Å². The van der Waals surface area contributed by atoms with Crippen molar-refractivity contribution in [2.75, 3.05) is 43.1 Å². The number of nitrogens with zero attached hydrogens (tertiary/aromatic N) is 2. The Morgan fingerprint density at radius 3 is 2.67 bits per heavy atom. The van der Waals surface area contributed by atoms with Crippen LogP contribution in [0.15, 0.2) is 42.5 Å². The molecule has 1 fully saturated rings. The van der Waals surface area contributed by atoms with Crippen LogP contribution in [0.25, 0.3) is 0 Å². The highest BCUT2D eigenvalue weighted by Gasteiger charge is 2.29. The fourth-order valence-corrected chi connectivity index (χ4v) is 4.15. The van der Waals surface area contributed by atoms with E-state index in [1.54, 1.807) is 35.2 Å². The van der Waals surface area contributed by atoms with Crippen LogP contribution in [-0.2, 0) is 9.53 Å². The Kier molecular flexibility index (Phi) is 6.67. The summed E-state index contributed by atoms with van der Waals surface area (Å²) in [5, 5.41) is 3.39. The number of rotatable bonds is 6. The van der Waals surface area contributed by atoms with E-state index in [9.17, 15) is 9.59 Å². The molecule has 6 nitrogen and oxygen atoms in total. The van der Waals surface area contributed by atoms with E-state index in [0.717, 1.165) is 52.1 Å². The lowest BCUT2D eigenvalue weighted by Gasteiger charge is -2.26. The van der Waals surface area contributed by atoms with Gasteiger partial charge in [0.15, 0.2) is 0 Å². The predicted octanol–water partition coefficient (Wildman–Crippen LogP) is 4.46. The molecule has 0 atom stereocenters. The summed E-state index contributed by atoms with van der Waals surface area (Å²) in [5.41, 5.74) is 2.28. The molecule has 0 bridgehead atoms. The quantitative estimate of drug-likeness (QED) is 0.691. The molecule has 0 aromatic heterocycles. The molecule has 0 unspecified atom stereocenters. The molecule has 30 heavy (non-hydrogen) atoms. The van der Waals surface area contributed by atoms with Crippen LogP contribution in [0, 0.1) is 0 Å². The second-order valence-electron chi connectivity index (χ2n) is 7.63. The van der Waals surface area contributed by atoms with Gasteiger partial charge in [-0.25, -0.2) is 0 Å². The average molecular weight is 428 g/mol. The van der Waals surface area contributed by atoms with Crippen LogP contribution in [0.3, 0.4) is 0 Å². The van der Waals surface area contributed by atoms with Crippen molar-refractivity contribution in [2.45, 2.75) is 25.7 Å². The van der Waals surface area contributed by atoms with Gasteiger partial charge in [0, 0.05) is 24.5 Å². The lowest BCUT2D eigenvalue weighted by Crippen LogP contribution is -2.36. The summed E-state index contributed by atoms with van der Waals surface area (Å²) in [4.78, 5) is 30.0. The molecule has 0 aliphatic carbocycles. The van der Waals surface area contributed by atoms with E-state index < -0.39 is 0 Å². The molecule has 1 N–H and O–H groups in total. The summed E-state index contributed by atoms with van der Waals surface area (Å²) in [6.07, 6.45) is 3.29. The topological polar surface area (TPSA) is 61.9 Å². The second kappa shape index (κ2) is 9.60. The lowest BCUT2D eigenvalue weighted by molar-refractivity contribution is -0.118. The molecule has 2 amide bonds. The number of unbranched alkanes of at least 4 members (excludes halogenated alkanes) is 2. The number of morpholine rings is 1. The summed E-state index contributed by atoms with van der Waals surface area (Å²) < 4.78 is 5.38. The van der Waals surface area contributed by atoms with Crippen molar-refractivity contribution in [3.8, 4) is 0 Å². The van der Waals surface area contributed by atoms with E-state index in [1.165, 1.54) is 0 Å². The number of carbonyl (C=O) groups excluding carboxylic acids is 2. The first-order valence-electron chi connectivity index (χ1n) is 10.5. The first kappa shape index (κ1) is 20.8. The van der Waals surface area contributed by atoms with Crippen molar-refractivity contribution in [3.63, 3.8) is 0 Å². The molecule has 2 aromatic rings. The van der Waals surface area contributed by atoms with Crippen LogP contribution in [0.2, 0.25) is 5.02 Å². The van der Waals surface area contributed by atoms with Crippen molar-refractivity contribution >= 4 is 40.5 Å². The minimum absolute atomic E-state index is 0.0195. The standard InChI is InChI=1S/C23H26ClN3O3/c24-17-9-10-21-19(16-17)25-23(29)18-6-3-4-7-20(18)27(21)22(28)8-2-1-5-11-26-12-14-30-15-13-26/h3-4,6-7,9-10,16H,1-2,5,8,11-15H2,(H,25,29). The number of ether oxygens (including phenoxy) is 1. The zero-order valence-corrected chi connectivity index (χ0v) is 17.7. The molecular formula is C23H26ClN3O3. The summed E-state index contributed by atoms with van der Waals surface area (Å²) in [6, 6.07) is 12.4.